The van der Waals surface area contributed by atoms with Gasteiger partial charge < -0.3 is 5.73 Å². The molecule has 0 saturated heterocycles. The van der Waals surface area contributed by atoms with Gasteiger partial charge in [-0.15, -0.1) is 0 Å². The lowest BCUT2D eigenvalue weighted by Gasteiger charge is -2.14. The van der Waals surface area contributed by atoms with Crippen molar-refractivity contribution >= 4 is 10.8 Å². The first-order valence-electron chi connectivity index (χ1n) is 6.34. The minimum Gasteiger partial charge on any atom is -0.323 e. The fourth-order valence-electron chi connectivity index (χ4n) is 2.11. The molecule has 0 radical (unpaired) electrons. The molecular formula is C16H19NOS. The van der Waals surface area contributed by atoms with E-state index in [1.54, 1.807) is 0 Å². The van der Waals surface area contributed by atoms with Crippen molar-refractivity contribution in [3.8, 4) is 0 Å². The lowest BCUT2D eigenvalue weighted by atomic mass is 10.0. The fourth-order valence-corrected chi connectivity index (χ4v) is 3.35. The molecule has 0 aliphatic heterocycles. The van der Waals surface area contributed by atoms with Gasteiger partial charge in [0.05, 0.1) is 10.8 Å². The summed E-state index contributed by atoms with van der Waals surface area (Å²) < 4.78 is 12.3. The quantitative estimate of drug-likeness (QED) is 0.930. The van der Waals surface area contributed by atoms with Gasteiger partial charge >= 0.3 is 0 Å². The largest absolute Gasteiger partial charge is 0.323 e. The van der Waals surface area contributed by atoms with Gasteiger partial charge in [0.1, 0.15) is 0 Å². The molecule has 2 aromatic carbocycles. The first kappa shape index (κ1) is 14.0. The lowest BCUT2D eigenvalue weighted by Crippen LogP contribution is -2.19. The van der Waals surface area contributed by atoms with E-state index in [0.717, 1.165) is 21.6 Å². The molecule has 2 rings (SSSR count). The lowest BCUT2D eigenvalue weighted by molar-refractivity contribution is 0.675. The van der Waals surface area contributed by atoms with Gasteiger partial charge in [0.15, 0.2) is 0 Å². The van der Waals surface area contributed by atoms with Crippen LogP contribution in [0, 0.1) is 13.8 Å². The molecule has 19 heavy (non-hydrogen) atoms. The highest BCUT2D eigenvalue weighted by atomic mass is 32.2. The van der Waals surface area contributed by atoms with Crippen LogP contribution in [-0.2, 0) is 10.8 Å². The smallest absolute Gasteiger partial charge is 0.0548 e. The summed E-state index contributed by atoms with van der Waals surface area (Å²) >= 11 is 0. The average Bonchev–Trinajstić information content (AvgIpc) is 2.39. The number of hydrogen-bond donors (Lipinski definition) is 1. The summed E-state index contributed by atoms with van der Waals surface area (Å²) in [6.07, 6.45) is 0. The van der Waals surface area contributed by atoms with Crippen molar-refractivity contribution in [1.82, 2.24) is 0 Å². The van der Waals surface area contributed by atoms with Gasteiger partial charge in [0.25, 0.3) is 0 Å². The van der Waals surface area contributed by atoms with Crippen LogP contribution in [0.4, 0.5) is 0 Å². The molecule has 0 aliphatic carbocycles. The predicted octanol–water partition coefficient (Wildman–Crippen LogP) is 3.11. The molecule has 0 aromatic heterocycles. The van der Waals surface area contributed by atoms with E-state index in [1.807, 2.05) is 62.4 Å². The topological polar surface area (TPSA) is 43.1 Å². The first-order valence-corrected chi connectivity index (χ1v) is 7.66. The van der Waals surface area contributed by atoms with Crippen LogP contribution in [0.3, 0.4) is 0 Å². The molecule has 2 unspecified atom stereocenters. The van der Waals surface area contributed by atoms with Crippen molar-refractivity contribution in [2.75, 3.05) is 5.75 Å². The molecule has 2 aromatic rings. The third kappa shape index (κ3) is 3.52. The SMILES string of the molecule is Cc1cccc(S(=O)CC(N)c2ccccc2C)c1. The van der Waals surface area contributed by atoms with Crippen molar-refractivity contribution in [3.05, 3.63) is 65.2 Å². The van der Waals surface area contributed by atoms with Crippen LogP contribution in [0.5, 0.6) is 0 Å². The molecule has 3 heteroatoms. The van der Waals surface area contributed by atoms with Gasteiger partial charge in [-0.2, -0.15) is 0 Å². The monoisotopic (exact) mass is 273 g/mol. The van der Waals surface area contributed by atoms with E-state index >= 15 is 0 Å². The number of nitrogens with two attached hydrogens (primary N) is 1. The molecule has 0 spiro atoms. The fraction of sp³-hybridized carbons (Fsp3) is 0.250. The van der Waals surface area contributed by atoms with E-state index < -0.39 is 10.8 Å². The minimum atomic E-state index is -1.06. The molecule has 2 N–H and O–H groups in total. The summed E-state index contributed by atoms with van der Waals surface area (Å²) in [6.45, 7) is 4.03. The summed E-state index contributed by atoms with van der Waals surface area (Å²) in [5.41, 5.74) is 9.52. The zero-order chi connectivity index (χ0) is 13.8. The third-order valence-electron chi connectivity index (χ3n) is 3.17. The molecule has 0 heterocycles. The summed E-state index contributed by atoms with van der Waals surface area (Å²) in [6, 6.07) is 15.6. The Bertz CT molecular complexity index is 595. The molecule has 0 amide bonds. The van der Waals surface area contributed by atoms with E-state index in [-0.39, 0.29) is 6.04 Å². The summed E-state index contributed by atoms with van der Waals surface area (Å²) in [7, 11) is -1.06. The number of aryl methyl sites for hydroxylation is 2. The Balaban J connectivity index is 2.13. The third-order valence-corrected chi connectivity index (χ3v) is 4.61. The van der Waals surface area contributed by atoms with Gasteiger partial charge in [-0.05, 0) is 42.7 Å². The van der Waals surface area contributed by atoms with Crippen molar-refractivity contribution < 1.29 is 4.21 Å². The van der Waals surface area contributed by atoms with Crippen molar-refractivity contribution in [2.45, 2.75) is 24.8 Å². The first-order chi connectivity index (χ1) is 9.08. The normalized spacial score (nSPS) is 14.1. The molecule has 0 bridgehead atoms. The van der Waals surface area contributed by atoms with E-state index in [9.17, 15) is 4.21 Å². The molecule has 100 valence electrons. The molecule has 2 nitrogen and oxygen atoms in total. The van der Waals surface area contributed by atoms with E-state index in [2.05, 4.69) is 0 Å². The molecule has 0 aliphatic rings. The molecule has 2 atom stereocenters. The minimum absolute atomic E-state index is 0.192. The van der Waals surface area contributed by atoms with Crippen LogP contribution < -0.4 is 5.73 Å². The second kappa shape index (κ2) is 6.13. The maximum atomic E-state index is 12.3. The summed E-state index contributed by atoms with van der Waals surface area (Å²) in [5.74, 6) is 0.453. The van der Waals surface area contributed by atoms with Crippen LogP contribution in [0.2, 0.25) is 0 Å². The number of rotatable bonds is 4. The van der Waals surface area contributed by atoms with E-state index in [0.29, 0.717) is 5.75 Å². The van der Waals surface area contributed by atoms with Gasteiger partial charge in [-0.25, -0.2) is 0 Å². The molecule has 0 fully saturated rings. The van der Waals surface area contributed by atoms with Crippen molar-refractivity contribution in [1.29, 1.82) is 0 Å². The van der Waals surface area contributed by atoms with Crippen molar-refractivity contribution in [2.24, 2.45) is 5.73 Å². The van der Waals surface area contributed by atoms with Crippen LogP contribution >= 0.6 is 0 Å². The summed E-state index contributed by atoms with van der Waals surface area (Å²) in [4.78, 5) is 0.851. The number of hydrogen-bond acceptors (Lipinski definition) is 2. The standard InChI is InChI=1S/C16H19NOS/c1-12-6-5-8-14(10-12)19(18)11-16(17)15-9-4-3-7-13(15)2/h3-10,16H,11,17H2,1-2H3. The second-order valence-corrected chi connectivity index (χ2v) is 6.29. The number of benzene rings is 2. The van der Waals surface area contributed by atoms with Gasteiger partial charge in [-0.1, -0.05) is 36.4 Å². The predicted molar refractivity (Wildman–Crippen MR) is 80.6 cm³/mol. The maximum Gasteiger partial charge on any atom is 0.0548 e. The van der Waals surface area contributed by atoms with E-state index in [4.69, 9.17) is 5.73 Å². The Kier molecular flexibility index (Phi) is 4.51. The van der Waals surface area contributed by atoms with Gasteiger partial charge in [-0.3, -0.25) is 4.21 Å². The van der Waals surface area contributed by atoms with Crippen LogP contribution in [-0.4, -0.2) is 9.96 Å². The zero-order valence-corrected chi connectivity index (χ0v) is 12.1. The maximum absolute atomic E-state index is 12.3. The van der Waals surface area contributed by atoms with Crippen LogP contribution in [0.1, 0.15) is 22.7 Å². The van der Waals surface area contributed by atoms with Crippen LogP contribution in [0.15, 0.2) is 53.4 Å². The second-order valence-electron chi connectivity index (χ2n) is 4.79. The van der Waals surface area contributed by atoms with Gasteiger partial charge in [0.2, 0.25) is 0 Å². The van der Waals surface area contributed by atoms with E-state index in [1.165, 1.54) is 0 Å². The highest BCUT2D eigenvalue weighted by Crippen LogP contribution is 2.19. The Morgan fingerprint density at radius 1 is 1.11 bits per heavy atom. The Morgan fingerprint density at radius 3 is 2.53 bits per heavy atom. The zero-order valence-electron chi connectivity index (χ0n) is 11.3. The summed E-state index contributed by atoms with van der Waals surface area (Å²) in [5, 5.41) is 0. The Hall–Kier alpha value is -1.45. The highest BCUT2D eigenvalue weighted by molar-refractivity contribution is 7.85. The Labute approximate surface area is 117 Å². The van der Waals surface area contributed by atoms with Crippen molar-refractivity contribution in [3.63, 3.8) is 0 Å². The van der Waals surface area contributed by atoms with Gasteiger partial charge in [0, 0.05) is 16.7 Å². The van der Waals surface area contributed by atoms with Crippen LogP contribution in [0.25, 0.3) is 0 Å². The highest BCUT2D eigenvalue weighted by Gasteiger charge is 2.13. The Morgan fingerprint density at radius 2 is 1.84 bits per heavy atom. The molecular weight excluding hydrogens is 254 g/mol. The molecule has 0 saturated carbocycles. The average molecular weight is 273 g/mol.